The van der Waals surface area contributed by atoms with E-state index in [1.807, 2.05) is 13.8 Å². The van der Waals surface area contributed by atoms with E-state index in [0.29, 0.717) is 38.5 Å². The maximum Gasteiger partial charge on any atom is 0.331 e. The molecule has 2 aliphatic heterocycles. The van der Waals surface area contributed by atoms with E-state index in [1.54, 1.807) is 13.0 Å². The fourth-order valence-electron chi connectivity index (χ4n) is 9.89. The molecule has 1 saturated heterocycles. The summed E-state index contributed by atoms with van der Waals surface area (Å²) in [5.41, 5.74) is -2.54. The summed E-state index contributed by atoms with van der Waals surface area (Å²) in [4.78, 5) is 11.8. The molecule has 6 rings (SSSR count). The van der Waals surface area contributed by atoms with E-state index in [1.165, 1.54) is 0 Å². The van der Waals surface area contributed by atoms with Crippen LogP contribution in [0.2, 0.25) is 0 Å². The Balaban J connectivity index is 1.22. The number of cyclic esters (lactones) is 1. The van der Waals surface area contributed by atoms with Crippen molar-refractivity contribution < 1.29 is 49.6 Å². The van der Waals surface area contributed by atoms with Crippen molar-refractivity contribution in [3.05, 3.63) is 11.6 Å². The van der Waals surface area contributed by atoms with Crippen LogP contribution in [0.25, 0.3) is 0 Å². The highest BCUT2D eigenvalue weighted by Crippen LogP contribution is 2.70. The number of aliphatic hydroxyl groups excluding tert-OH is 4. The van der Waals surface area contributed by atoms with Crippen molar-refractivity contribution in [2.75, 3.05) is 6.61 Å². The quantitative estimate of drug-likeness (QED) is 0.215. The minimum Gasteiger partial charge on any atom is -0.458 e. The highest BCUT2D eigenvalue weighted by Gasteiger charge is 2.72. The van der Waals surface area contributed by atoms with Crippen LogP contribution < -0.4 is 0 Å². The Morgan fingerprint density at radius 2 is 1.67 bits per heavy atom. The number of esters is 1. The monoisotopic (exact) mass is 552 g/mol. The molecule has 0 aromatic heterocycles. The van der Waals surface area contributed by atoms with Crippen LogP contribution in [-0.4, -0.2) is 97.3 Å². The topological polar surface area (TPSA) is 166 Å². The van der Waals surface area contributed by atoms with Crippen LogP contribution in [0, 0.1) is 28.6 Å². The lowest BCUT2D eigenvalue weighted by atomic mass is 9.41. The van der Waals surface area contributed by atoms with Gasteiger partial charge in [-0.05, 0) is 75.2 Å². The van der Waals surface area contributed by atoms with E-state index in [-0.39, 0.29) is 36.8 Å². The van der Waals surface area contributed by atoms with E-state index < -0.39 is 64.9 Å². The predicted molar refractivity (Wildman–Crippen MR) is 136 cm³/mol. The first-order valence-electron chi connectivity index (χ1n) is 14.6. The van der Waals surface area contributed by atoms with Gasteiger partial charge in [0, 0.05) is 23.3 Å². The smallest absolute Gasteiger partial charge is 0.331 e. The van der Waals surface area contributed by atoms with Crippen LogP contribution in [0.15, 0.2) is 11.6 Å². The van der Waals surface area contributed by atoms with E-state index in [9.17, 15) is 35.4 Å². The second kappa shape index (κ2) is 9.19. The van der Waals surface area contributed by atoms with Gasteiger partial charge in [0.2, 0.25) is 0 Å². The molecule has 14 atom stereocenters. The minimum atomic E-state index is -1.41. The molecule has 220 valence electrons. The molecule has 0 amide bonds. The van der Waals surface area contributed by atoms with Crippen molar-refractivity contribution in [3.8, 4) is 0 Å². The number of aliphatic hydroxyl groups is 6. The lowest BCUT2D eigenvalue weighted by molar-refractivity contribution is -0.323. The van der Waals surface area contributed by atoms with Gasteiger partial charge in [-0.25, -0.2) is 4.79 Å². The molecular weight excluding hydrogens is 508 g/mol. The Bertz CT molecular complexity index is 1030. The summed E-state index contributed by atoms with van der Waals surface area (Å²) in [5.74, 6) is -0.893. The van der Waals surface area contributed by atoms with Gasteiger partial charge >= 0.3 is 5.97 Å². The van der Waals surface area contributed by atoms with Gasteiger partial charge in [-0.2, -0.15) is 0 Å². The summed E-state index contributed by atoms with van der Waals surface area (Å²) in [5, 5.41) is 66.9. The first-order chi connectivity index (χ1) is 18.2. The summed E-state index contributed by atoms with van der Waals surface area (Å²) in [7, 11) is 0. The zero-order chi connectivity index (χ0) is 28.1. The number of fused-ring (bicyclic) bond motifs is 5. The van der Waals surface area contributed by atoms with Crippen molar-refractivity contribution in [3.63, 3.8) is 0 Å². The molecule has 2 heterocycles. The van der Waals surface area contributed by atoms with Crippen LogP contribution >= 0.6 is 0 Å². The molecule has 39 heavy (non-hydrogen) atoms. The third kappa shape index (κ3) is 3.86. The Labute approximate surface area is 229 Å². The molecular formula is C29H44O10. The number of carbonyl (C=O) groups is 1. The van der Waals surface area contributed by atoms with Gasteiger partial charge < -0.3 is 44.8 Å². The number of hydrogen-bond acceptors (Lipinski definition) is 10. The van der Waals surface area contributed by atoms with Crippen molar-refractivity contribution >= 4 is 5.97 Å². The molecule has 5 fully saturated rings. The minimum absolute atomic E-state index is 0.0412. The maximum atomic E-state index is 12.4. The molecule has 0 bridgehead atoms. The average Bonchev–Trinajstić information content (AvgIpc) is 3.41. The standard InChI is InChI=1S/C29H44O10/c1-14-22(32)23(33)24(34)25(38-14)39-16-4-7-26(2)21-18(5-8-28(26,35)11-16)29(36)9-6-17(15-10-20(31)37-13-15)27(29,3)12-19(21)30/h10,14,16-19,21-25,30,32-36H,4-9,11-13H2,1-3H3/t14-,16+,17-,18-,19-,21+,22-,23+,24-,25-,26-,27-,28+,29+/m1/s1. The molecule has 4 saturated carbocycles. The number of ether oxygens (including phenoxy) is 3. The van der Waals surface area contributed by atoms with Gasteiger partial charge in [-0.15, -0.1) is 0 Å². The van der Waals surface area contributed by atoms with Crippen molar-refractivity contribution in [1.29, 1.82) is 0 Å². The molecule has 4 aliphatic carbocycles. The van der Waals surface area contributed by atoms with Crippen LogP contribution in [0.5, 0.6) is 0 Å². The second-order valence-electron chi connectivity index (χ2n) is 13.8. The predicted octanol–water partition coefficient (Wildman–Crippen LogP) is 0.542. The fraction of sp³-hybridized carbons (Fsp3) is 0.897. The lowest BCUT2D eigenvalue weighted by Crippen LogP contribution is -2.71. The zero-order valence-corrected chi connectivity index (χ0v) is 23.0. The maximum absolute atomic E-state index is 12.4. The third-order valence-electron chi connectivity index (χ3n) is 12.2. The summed E-state index contributed by atoms with van der Waals surface area (Å²) in [6, 6.07) is 0. The molecule has 6 aliphatic rings. The summed E-state index contributed by atoms with van der Waals surface area (Å²) in [6.45, 7) is 5.92. The molecule has 0 spiro atoms. The van der Waals surface area contributed by atoms with Crippen LogP contribution in [0.3, 0.4) is 0 Å². The van der Waals surface area contributed by atoms with Gasteiger partial charge in [0.05, 0.1) is 29.5 Å². The van der Waals surface area contributed by atoms with Gasteiger partial charge in [-0.1, -0.05) is 13.8 Å². The van der Waals surface area contributed by atoms with Gasteiger partial charge in [0.25, 0.3) is 0 Å². The molecule has 10 heteroatoms. The van der Waals surface area contributed by atoms with Gasteiger partial charge in [0.1, 0.15) is 24.9 Å². The van der Waals surface area contributed by atoms with Crippen LogP contribution in [0.4, 0.5) is 0 Å². The van der Waals surface area contributed by atoms with Crippen molar-refractivity contribution in [2.24, 2.45) is 28.6 Å². The molecule has 10 nitrogen and oxygen atoms in total. The second-order valence-corrected chi connectivity index (χ2v) is 13.8. The molecule has 0 radical (unpaired) electrons. The summed E-state index contributed by atoms with van der Waals surface area (Å²) in [6.07, 6.45) is -1.39. The van der Waals surface area contributed by atoms with Crippen molar-refractivity contribution in [1.82, 2.24) is 0 Å². The SMILES string of the molecule is C[C@H]1O[C@H](O[C@H]2CC[C@]3(C)[C@@H]4[C@H](O)C[C@]5(C)[C@@H](C6=CC(=O)OC6)CC[C@]5(O)[C@@H]4CC[C@]3(O)C2)[C@H](O)[C@@H](O)[C@@H]1O. The van der Waals surface area contributed by atoms with E-state index in [4.69, 9.17) is 14.2 Å². The lowest BCUT2D eigenvalue weighted by Gasteiger charge is -2.67. The van der Waals surface area contributed by atoms with E-state index in [0.717, 1.165) is 12.0 Å². The Hall–Kier alpha value is -1.11. The summed E-state index contributed by atoms with van der Waals surface area (Å²) >= 11 is 0. The van der Waals surface area contributed by atoms with Crippen LogP contribution in [-0.2, 0) is 19.0 Å². The van der Waals surface area contributed by atoms with Gasteiger partial charge in [0.15, 0.2) is 6.29 Å². The summed E-state index contributed by atoms with van der Waals surface area (Å²) < 4.78 is 16.9. The fourth-order valence-corrected chi connectivity index (χ4v) is 9.89. The zero-order valence-electron chi connectivity index (χ0n) is 23.0. The van der Waals surface area contributed by atoms with Crippen molar-refractivity contribution in [2.45, 2.75) is 126 Å². The highest BCUT2D eigenvalue weighted by atomic mass is 16.7. The highest BCUT2D eigenvalue weighted by molar-refractivity contribution is 5.85. The third-order valence-corrected chi connectivity index (χ3v) is 12.2. The average molecular weight is 553 g/mol. The number of hydrogen-bond donors (Lipinski definition) is 6. The molecule has 0 unspecified atom stereocenters. The van der Waals surface area contributed by atoms with Gasteiger partial charge in [-0.3, -0.25) is 0 Å². The Morgan fingerprint density at radius 1 is 0.923 bits per heavy atom. The Morgan fingerprint density at radius 3 is 2.36 bits per heavy atom. The van der Waals surface area contributed by atoms with E-state index in [2.05, 4.69) is 0 Å². The number of carbonyl (C=O) groups excluding carboxylic acids is 1. The normalized spacial score (nSPS) is 57.3. The van der Waals surface area contributed by atoms with Crippen LogP contribution in [0.1, 0.15) is 72.1 Å². The molecule has 6 N–H and O–H groups in total. The molecule has 0 aromatic rings. The van der Waals surface area contributed by atoms with E-state index >= 15 is 0 Å². The first kappa shape index (κ1) is 28.0. The number of rotatable bonds is 3. The Kier molecular flexibility index (Phi) is 6.61. The largest absolute Gasteiger partial charge is 0.458 e. The molecule has 0 aromatic carbocycles. The first-order valence-corrected chi connectivity index (χ1v) is 14.6.